The van der Waals surface area contributed by atoms with Crippen molar-refractivity contribution in [2.45, 2.75) is 12.5 Å². The number of benzene rings is 3. The minimum absolute atomic E-state index is 0.118. The summed E-state index contributed by atoms with van der Waals surface area (Å²) < 4.78 is 6.00. The van der Waals surface area contributed by atoms with E-state index in [0.717, 1.165) is 10.0 Å². The number of ether oxygens (including phenoxy) is 1. The second kappa shape index (κ2) is 10.7. The van der Waals surface area contributed by atoms with Gasteiger partial charge in [-0.1, -0.05) is 40.2 Å². The molecule has 0 fully saturated rings. The molecular formula is C24H23BrN2O4. The Balaban J connectivity index is 1.47. The van der Waals surface area contributed by atoms with E-state index in [1.165, 1.54) is 0 Å². The van der Waals surface area contributed by atoms with Gasteiger partial charge in [-0.3, -0.25) is 9.59 Å². The fraction of sp³-hybridized carbons (Fsp3) is 0.167. The van der Waals surface area contributed by atoms with Gasteiger partial charge in [0.1, 0.15) is 5.75 Å². The zero-order valence-electron chi connectivity index (χ0n) is 17.0. The monoisotopic (exact) mass is 482 g/mol. The predicted octanol–water partition coefficient (Wildman–Crippen LogP) is 4.10. The SMILES string of the molecule is COc1ccc(C(O)CNC(=O)Cc2ccc(NC(=O)c3ccc(Br)cc3)cc2)cc1. The van der Waals surface area contributed by atoms with Gasteiger partial charge in [-0.25, -0.2) is 0 Å². The highest BCUT2D eigenvalue weighted by Gasteiger charge is 2.11. The molecule has 3 N–H and O–H groups in total. The van der Waals surface area contributed by atoms with Crippen LogP contribution in [0.3, 0.4) is 0 Å². The third-order valence-electron chi connectivity index (χ3n) is 4.68. The maximum atomic E-state index is 12.3. The van der Waals surface area contributed by atoms with Crippen molar-refractivity contribution >= 4 is 33.4 Å². The van der Waals surface area contributed by atoms with Gasteiger partial charge in [-0.2, -0.15) is 0 Å². The molecule has 1 atom stereocenters. The van der Waals surface area contributed by atoms with Crippen LogP contribution in [0.5, 0.6) is 5.75 Å². The number of hydrogen-bond acceptors (Lipinski definition) is 4. The Labute approximate surface area is 189 Å². The number of aliphatic hydroxyl groups excluding tert-OH is 1. The van der Waals surface area contributed by atoms with Crippen LogP contribution >= 0.6 is 15.9 Å². The summed E-state index contributed by atoms with van der Waals surface area (Å²) in [6.45, 7) is 0.118. The van der Waals surface area contributed by atoms with Gasteiger partial charge < -0.3 is 20.5 Å². The lowest BCUT2D eigenvalue weighted by Gasteiger charge is -2.13. The second-order valence-corrected chi connectivity index (χ2v) is 7.84. The number of halogens is 1. The lowest BCUT2D eigenvalue weighted by atomic mass is 10.1. The first-order chi connectivity index (χ1) is 14.9. The molecule has 0 heterocycles. The van der Waals surface area contributed by atoms with Crippen LogP contribution in [-0.2, 0) is 11.2 Å². The van der Waals surface area contributed by atoms with Crippen LogP contribution in [0.4, 0.5) is 5.69 Å². The highest BCUT2D eigenvalue weighted by Crippen LogP contribution is 2.17. The second-order valence-electron chi connectivity index (χ2n) is 6.93. The molecule has 7 heteroatoms. The number of anilines is 1. The molecule has 0 aliphatic rings. The van der Waals surface area contributed by atoms with Crippen molar-refractivity contribution in [1.29, 1.82) is 0 Å². The lowest BCUT2D eigenvalue weighted by molar-refractivity contribution is -0.120. The number of carbonyl (C=O) groups is 2. The average Bonchev–Trinajstić information content (AvgIpc) is 2.79. The van der Waals surface area contributed by atoms with Gasteiger partial charge >= 0.3 is 0 Å². The van der Waals surface area contributed by atoms with E-state index in [0.29, 0.717) is 22.6 Å². The van der Waals surface area contributed by atoms with E-state index in [-0.39, 0.29) is 24.8 Å². The average molecular weight is 483 g/mol. The van der Waals surface area contributed by atoms with Crippen LogP contribution in [0, 0.1) is 0 Å². The molecule has 0 radical (unpaired) electrons. The molecular weight excluding hydrogens is 460 g/mol. The summed E-state index contributed by atoms with van der Waals surface area (Å²) in [5, 5.41) is 15.8. The Morgan fingerprint density at radius 2 is 1.61 bits per heavy atom. The molecule has 0 bridgehead atoms. The Kier molecular flexibility index (Phi) is 7.81. The molecule has 3 aromatic rings. The van der Waals surface area contributed by atoms with Crippen molar-refractivity contribution in [2.75, 3.05) is 19.0 Å². The Bertz CT molecular complexity index is 1020. The minimum atomic E-state index is -0.800. The highest BCUT2D eigenvalue weighted by molar-refractivity contribution is 9.10. The molecule has 160 valence electrons. The van der Waals surface area contributed by atoms with Gasteiger partial charge in [0.15, 0.2) is 0 Å². The topological polar surface area (TPSA) is 87.7 Å². The van der Waals surface area contributed by atoms with E-state index in [9.17, 15) is 14.7 Å². The summed E-state index contributed by atoms with van der Waals surface area (Å²) >= 11 is 3.34. The molecule has 0 aromatic heterocycles. The Morgan fingerprint density at radius 3 is 2.23 bits per heavy atom. The third-order valence-corrected chi connectivity index (χ3v) is 5.20. The smallest absolute Gasteiger partial charge is 0.255 e. The van der Waals surface area contributed by atoms with E-state index in [1.54, 1.807) is 67.8 Å². The highest BCUT2D eigenvalue weighted by atomic mass is 79.9. The first-order valence-corrected chi connectivity index (χ1v) is 10.5. The zero-order valence-corrected chi connectivity index (χ0v) is 18.6. The van der Waals surface area contributed by atoms with Crippen molar-refractivity contribution in [3.63, 3.8) is 0 Å². The van der Waals surface area contributed by atoms with Crippen LogP contribution in [-0.4, -0.2) is 30.6 Å². The molecule has 6 nitrogen and oxygen atoms in total. The van der Waals surface area contributed by atoms with Crippen LogP contribution in [0.25, 0.3) is 0 Å². The van der Waals surface area contributed by atoms with Gasteiger partial charge in [0.25, 0.3) is 5.91 Å². The number of hydrogen-bond donors (Lipinski definition) is 3. The van der Waals surface area contributed by atoms with Gasteiger partial charge in [-0.05, 0) is 59.7 Å². The molecule has 0 aliphatic carbocycles. The summed E-state index contributed by atoms with van der Waals surface area (Å²) in [5.74, 6) is 0.307. The summed E-state index contributed by atoms with van der Waals surface area (Å²) in [5.41, 5.74) is 2.71. The first-order valence-electron chi connectivity index (χ1n) is 9.69. The molecule has 0 spiro atoms. The first kappa shape index (κ1) is 22.5. The summed E-state index contributed by atoms with van der Waals surface area (Å²) in [7, 11) is 1.58. The molecule has 31 heavy (non-hydrogen) atoms. The number of carbonyl (C=O) groups excluding carboxylic acids is 2. The molecule has 2 amide bonds. The van der Waals surface area contributed by atoms with Crippen molar-refractivity contribution in [2.24, 2.45) is 0 Å². The summed E-state index contributed by atoms with van der Waals surface area (Å²) in [6, 6.07) is 21.2. The van der Waals surface area contributed by atoms with Crippen LogP contribution in [0.2, 0.25) is 0 Å². The van der Waals surface area contributed by atoms with Gasteiger partial charge in [0.05, 0.1) is 19.6 Å². The standard InChI is InChI=1S/C24H23BrN2O4/c1-31-21-12-6-17(7-13-21)22(28)15-26-23(29)14-16-2-10-20(11-3-16)27-24(30)18-4-8-19(25)9-5-18/h2-13,22,28H,14-15H2,1H3,(H,26,29)(H,27,30). The molecule has 0 aliphatic heterocycles. The van der Waals surface area contributed by atoms with E-state index >= 15 is 0 Å². The number of aliphatic hydroxyl groups is 1. The molecule has 0 saturated carbocycles. The Hall–Kier alpha value is -3.16. The van der Waals surface area contributed by atoms with Gasteiger partial charge in [-0.15, -0.1) is 0 Å². The number of methoxy groups -OCH3 is 1. The van der Waals surface area contributed by atoms with Crippen molar-refractivity contribution in [1.82, 2.24) is 5.32 Å². The van der Waals surface area contributed by atoms with Gasteiger partial charge in [0.2, 0.25) is 5.91 Å². The van der Waals surface area contributed by atoms with Crippen molar-refractivity contribution in [3.05, 3.63) is 94.0 Å². The third kappa shape index (κ3) is 6.67. The quantitative estimate of drug-likeness (QED) is 0.450. The minimum Gasteiger partial charge on any atom is -0.497 e. The van der Waals surface area contributed by atoms with E-state index in [2.05, 4.69) is 26.6 Å². The lowest BCUT2D eigenvalue weighted by Crippen LogP contribution is -2.29. The maximum absolute atomic E-state index is 12.3. The summed E-state index contributed by atoms with van der Waals surface area (Å²) in [6.07, 6.45) is -0.623. The van der Waals surface area contributed by atoms with Crippen LogP contribution in [0.1, 0.15) is 27.6 Å². The molecule has 0 saturated heterocycles. The fourth-order valence-corrected chi connectivity index (χ4v) is 3.18. The van der Waals surface area contributed by atoms with E-state index in [4.69, 9.17) is 4.74 Å². The summed E-state index contributed by atoms with van der Waals surface area (Å²) in [4.78, 5) is 24.5. The van der Waals surface area contributed by atoms with Gasteiger partial charge in [0, 0.05) is 22.3 Å². The normalized spacial score (nSPS) is 11.5. The largest absolute Gasteiger partial charge is 0.497 e. The maximum Gasteiger partial charge on any atom is 0.255 e. The number of amides is 2. The predicted molar refractivity (Wildman–Crippen MR) is 123 cm³/mol. The van der Waals surface area contributed by atoms with Crippen LogP contribution < -0.4 is 15.4 Å². The van der Waals surface area contributed by atoms with Crippen molar-refractivity contribution in [3.8, 4) is 5.75 Å². The van der Waals surface area contributed by atoms with E-state index in [1.807, 2.05) is 12.1 Å². The van der Waals surface area contributed by atoms with Crippen LogP contribution in [0.15, 0.2) is 77.3 Å². The van der Waals surface area contributed by atoms with E-state index < -0.39 is 6.10 Å². The molecule has 1 unspecified atom stereocenters. The zero-order chi connectivity index (χ0) is 22.2. The molecule has 3 rings (SSSR count). The molecule has 3 aromatic carbocycles. The number of rotatable bonds is 8. The number of nitrogens with one attached hydrogen (secondary N) is 2. The van der Waals surface area contributed by atoms with Crippen molar-refractivity contribution < 1.29 is 19.4 Å². The fourth-order valence-electron chi connectivity index (χ4n) is 2.91. The Morgan fingerprint density at radius 1 is 0.968 bits per heavy atom.